The number of amides is 1. The number of benzene rings is 1. The van der Waals surface area contributed by atoms with Gasteiger partial charge in [0.2, 0.25) is 5.91 Å². The first-order valence-electron chi connectivity index (χ1n) is 6.16. The SMILES string of the molecule is CC(C)(NC(=O)C(I)C(C)(C)C)c1ccccc1. The number of hydrogen-bond donors (Lipinski definition) is 1. The first-order valence-corrected chi connectivity index (χ1v) is 7.41. The van der Waals surface area contributed by atoms with Crippen LogP contribution >= 0.6 is 22.6 Å². The van der Waals surface area contributed by atoms with Crippen LogP contribution in [0.1, 0.15) is 40.2 Å². The van der Waals surface area contributed by atoms with Crippen molar-refractivity contribution in [1.29, 1.82) is 0 Å². The molecule has 0 heterocycles. The highest BCUT2D eigenvalue weighted by atomic mass is 127. The lowest BCUT2D eigenvalue weighted by molar-refractivity contribution is -0.123. The van der Waals surface area contributed by atoms with Crippen LogP contribution in [0, 0.1) is 5.41 Å². The fourth-order valence-corrected chi connectivity index (χ4v) is 1.85. The molecule has 0 bridgehead atoms. The number of carbonyl (C=O) groups excluding carboxylic acids is 1. The normalized spacial score (nSPS) is 14.1. The molecule has 0 saturated carbocycles. The molecule has 1 aromatic rings. The maximum absolute atomic E-state index is 12.3. The van der Waals surface area contributed by atoms with Gasteiger partial charge in [-0.2, -0.15) is 0 Å². The van der Waals surface area contributed by atoms with Crippen LogP contribution in [0.15, 0.2) is 30.3 Å². The van der Waals surface area contributed by atoms with Crippen LogP contribution in [0.4, 0.5) is 0 Å². The second kappa shape index (κ2) is 5.59. The van der Waals surface area contributed by atoms with E-state index in [0.717, 1.165) is 5.56 Å². The molecule has 1 unspecified atom stereocenters. The van der Waals surface area contributed by atoms with Crippen LogP contribution in [-0.2, 0) is 10.3 Å². The zero-order valence-electron chi connectivity index (χ0n) is 11.8. The largest absolute Gasteiger partial charge is 0.346 e. The molecule has 0 saturated heterocycles. The Hall–Kier alpha value is -0.580. The summed E-state index contributed by atoms with van der Waals surface area (Å²) in [7, 11) is 0. The molecule has 1 amide bonds. The maximum Gasteiger partial charge on any atom is 0.234 e. The summed E-state index contributed by atoms with van der Waals surface area (Å²) in [6.45, 7) is 10.3. The highest BCUT2D eigenvalue weighted by molar-refractivity contribution is 14.1. The summed E-state index contributed by atoms with van der Waals surface area (Å²) in [6, 6.07) is 10.1. The Morgan fingerprint density at radius 2 is 1.61 bits per heavy atom. The van der Waals surface area contributed by atoms with E-state index in [-0.39, 0.29) is 20.8 Å². The summed E-state index contributed by atoms with van der Waals surface area (Å²) >= 11 is 2.22. The number of alkyl halides is 1. The minimum absolute atomic E-state index is 0.0303. The third-order valence-corrected chi connectivity index (χ3v) is 5.36. The quantitative estimate of drug-likeness (QED) is 0.644. The summed E-state index contributed by atoms with van der Waals surface area (Å²) in [5.74, 6) is 0.0944. The second-order valence-electron chi connectivity index (χ2n) is 6.21. The van der Waals surface area contributed by atoms with E-state index in [2.05, 4.69) is 48.7 Å². The molecule has 100 valence electrons. The predicted molar refractivity (Wildman–Crippen MR) is 84.9 cm³/mol. The number of nitrogens with one attached hydrogen (secondary N) is 1. The first-order chi connectivity index (χ1) is 8.14. The van der Waals surface area contributed by atoms with Crippen molar-refractivity contribution in [2.24, 2.45) is 5.41 Å². The van der Waals surface area contributed by atoms with Gasteiger partial charge in [0.05, 0.1) is 9.46 Å². The molecule has 1 rings (SSSR count). The lowest BCUT2D eigenvalue weighted by atomic mass is 9.89. The predicted octanol–water partition coefficient (Wildman–Crippen LogP) is 3.89. The number of rotatable bonds is 3. The Bertz CT molecular complexity index is 406. The van der Waals surface area contributed by atoms with Gasteiger partial charge in [0, 0.05) is 0 Å². The molecule has 0 spiro atoms. The van der Waals surface area contributed by atoms with E-state index < -0.39 is 0 Å². The fraction of sp³-hybridized carbons (Fsp3) is 0.533. The van der Waals surface area contributed by atoms with E-state index in [0.29, 0.717) is 0 Å². The Kier molecular flexibility index (Phi) is 4.81. The van der Waals surface area contributed by atoms with Crippen molar-refractivity contribution in [2.75, 3.05) is 0 Å². The first kappa shape index (κ1) is 15.5. The van der Waals surface area contributed by atoms with Gasteiger partial charge < -0.3 is 5.32 Å². The molecule has 0 aliphatic carbocycles. The molecule has 1 aromatic carbocycles. The number of carbonyl (C=O) groups is 1. The van der Waals surface area contributed by atoms with E-state index in [9.17, 15) is 4.79 Å². The standard InChI is InChI=1S/C15H22INO/c1-14(2,3)12(16)13(18)17-15(4,5)11-9-7-6-8-10-11/h6-10,12H,1-5H3,(H,17,18). The maximum atomic E-state index is 12.3. The van der Waals surface area contributed by atoms with Crippen molar-refractivity contribution in [3.8, 4) is 0 Å². The molecular formula is C15H22INO. The molecule has 0 radical (unpaired) electrons. The zero-order chi connectivity index (χ0) is 14.0. The van der Waals surface area contributed by atoms with Crippen LogP contribution in [0.3, 0.4) is 0 Å². The molecule has 0 aliphatic heterocycles. The van der Waals surface area contributed by atoms with Gasteiger partial charge in [-0.25, -0.2) is 0 Å². The van der Waals surface area contributed by atoms with Crippen molar-refractivity contribution in [1.82, 2.24) is 5.32 Å². The number of halogens is 1. The van der Waals surface area contributed by atoms with Crippen molar-refractivity contribution in [2.45, 2.75) is 44.1 Å². The molecule has 0 aromatic heterocycles. The average molecular weight is 359 g/mol. The zero-order valence-corrected chi connectivity index (χ0v) is 13.9. The Morgan fingerprint density at radius 1 is 1.11 bits per heavy atom. The van der Waals surface area contributed by atoms with E-state index in [1.54, 1.807) is 0 Å². The Balaban J connectivity index is 2.81. The smallest absolute Gasteiger partial charge is 0.234 e. The monoisotopic (exact) mass is 359 g/mol. The number of hydrogen-bond acceptors (Lipinski definition) is 1. The third-order valence-electron chi connectivity index (χ3n) is 2.92. The van der Waals surface area contributed by atoms with Crippen LogP contribution in [0.25, 0.3) is 0 Å². The van der Waals surface area contributed by atoms with E-state index >= 15 is 0 Å². The summed E-state index contributed by atoms with van der Waals surface area (Å²) in [5, 5.41) is 3.13. The minimum atomic E-state index is -0.340. The van der Waals surface area contributed by atoms with Gasteiger partial charge in [0.1, 0.15) is 0 Å². The highest BCUT2D eigenvalue weighted by Gasteiger charge is 2.32. The van der Waals surface area contributed by atoms with Crippen molar-refractivity contribution in [3.63, 3.8) is 0 Å². The summed E-state index contributed by atoms with van der Waals surface area (Å²) < 4.78 is -0.0434. The van der Waals surface area contributed by atoms with E-state index in [1.807, 2.05) is 44.2 Å². The van der Waals surface area contributed by atoms with Gasteiger partial charge in [-0.15, -0.1) is 0 Å². The van der Waals surface area contributed by atoms with Crippen LogP contribution < -0.4 is 5.32 Å². The lowest BCUT2D eigenvalue weighted by Crippen LogP contribution is -2.47. The van der Waals surface area contributed by atoms with Crippen molar-refractivity contribution >= 4 is 28.5 Å². The molecule has 2 nitrogen and oxygen atoms in total. The van der Waals surface area contributed by atoms with Crippen LogP contribution in [-0.4, -0.2) is 9.83 Å². The van der Waals surface area contributed by atoms with Gasteiger partial charge >= 0.3 is 0 Å². The molecule has 0 fully saturated rings. The van der Waals surface area contributed by atoms with Gasteiger partial charge in [0.15, 0.2) is 0 Å². The van der Waals surface area contributed by atoms with Gasteiger partial charge in [-0.05, 0) is 24.8 Å². The summed E-state index contributed by atoms with van der Waals surface area (Å²) in [5.41, 5.74) is 0.751. The lowest BCUT2D eigenvalue weighted by Gasteiger charge is -2.31. The van der Waals surface area contributed by atoms with Gasteiger partial charge in [-0.3, -0.25) is 4.79 Å². The second-order valence-corrected chi connectivity index (χ2v) is 7.45. The van der Waals surface area contributed by atoms with Crippen molar-refractivity contribution < 1.29 is 4.79 Å². The Morgan fingerprint density at radius 3 is 2.06 bits per heavy atom. The fourth-order valence-electron chi connectivity index (χ4n) is 1.69. The van der Waals surface area contributed by atoms with E-state index in [1.165, 1.54) is 0 Å². The highest BCUT2D eigenvalue weighted by Crippen LogP contribution is 2.28. The Labute approximate surface area is 124 Å². The molecule has 0 aliphatic rings. The van der Waals surface area contributed by atoms with Crippen molar-refractivity contribution in [3.05, 3.63) is 35.9 Å². The molecule has 1 N–H and O–H groups in total. The van der Waals surface area contributed by atoms with Crippen LogP contribution in [0.5, 0.6) is 0 Å². The summed E-state index contributed by atoms with van der Waals surface area (Å²) in [4.78, 5) is 12.3. The average Bonchev–Trinajstić information content (AvgIpc) is 2.27. The topological polar surface area (TPSA) is 29.1 Å². The molecule has 1 atom stereocenters. The van der Waals surface area contributed by atoms with Gasteiger partial charge in [-0.1, -0.05) is 73.7 Å². The third kappa shape index (κ3) is 3.97. The molecule has 3 heteroatoms. The van der Waals surface area contributed by atoms with Crippen LogP contribution in [0.2, 0.25) is 0 Å². The van der Waals surface area contributed by atoms with Gasteiger partial charge in [0.25, 0.3) is 0 Å². The minimum Gasteiger partial charge on any atom is -0.346 e. The van der Waals surface area contributed by atoms with E-state index in [4.69, 9.17) is 0 Å². The molecular weight excluding hydrogens is 337 g/mol. The summed E-state index contributed by atoms with van der Waals surface area (Å²) in [6.07, 6.45) is 0. The molecule has 18 heavy (non-hydrogen) atoms.